The lowest BCUT2D eigenvalue weighted by molar-refractivity contribution is 0.572. The Balaban J connectivity index is 0.000000741. The van der Waals surface area contributed by atoms with Gasteiger partial charge in [-0.2, -0.15) is 0 Å². The van der Waals surface area contributed by atoms with Gasteiger partial charge < -0.3 is 4.90 Å². The van der Waals surface area contributed by atoms with Gasteiger partial charge in [0.05, 0.1) is 5.88 Å². The van der Waals surface area contributed by atoms with E-state index in [0.29, 0.717) is 16.9 Å². The van der Waals surface area contributed by atoms with Crippen molar-refractivity contribution in [3.8, 4) is 0 Å². The normalized spacial score (nSPS) is 13.9. The third-order valence-electron chi connectivity index (χ3n) is 2.53. The fraction of sp³-hybridized carbons (Fsp3) is 0.714. The molecule has 1 aliphatic rings. The Morgan fingerprint density at radius 3 is 2.16 bits per heavy atom. The molecule has 2 heterocycles. The lowest BCUT2D eigenvalue weighted by atomic mass is 10.1. The molecule has 5 heteroatoms. The van der Waals surface area contributed by atoms with Gasteiger partial charge in [0.1, 0.15) is 16.8 Å². The van der Waals surface area contributed by atoms with E-state index in [-0.39, 0.29) is 0 Å². The summed E-state index contributed by atoms with van der Waals surface area (Å²) in [5.41, 5.74) is 0. The molecule has 0 bridgehead atoms. The molecule has 0 unspecified atom stereocenters. The second-order valence-corrected chi connectivity index (χ2v) is 4.30. The molecular formula is C14H25Cl2N3. The largest absolute Gasteiger partial charge is 0.356 e. The van der Waals surface area contributed by atoms with Crippen LogP contribution in [-0.2, 0) is 5.88 Å². The summed E-state index contributed by atoms with van der Waals surface area (Å²) in [4.78, 5) is 10.7. The summed E-state index contributed by atoms with van der Waals surface area (Å²) in [6, 6.07) is 1.81. The van der Waals surface area contributed by atoms with Crippen LogP contribution in [0.4, 0.5) is 5.82 Å². The molecule has 0 radical (unpaired) electrons. The van der Waals surface area contributed by atoms with Gasteiger partial charge >= 0.3 is 0 Å². The minimum absolute atomic E-state index is 0.307. The Morgan fingerprint density at radius 1 is 1.05 bits per heavy atom. The average Bonchev–Trinajstić information content (AvgIpc) is 2.51. The van der Waals surface area contributed by atoms with Crippen molar-refractivity contribution in [3.63, 3.8) is 0 Å². The summed E-state index contributed by atoms with van der Waals surface area (Å²) in [5.74, 6) is 1.82. The summed E-state index contributed by atoms with van der Waals surface area (Å²) >= 11 is 11.6. The van der Waals surface area contributed by atoms with Crippen molar-refractivity contribution in [2.75, 3.05) is 18.0 Å². The molecule has 1 fully saturated rings. The molecule has 0 saturated carbocycles. The zero-order chi connectivity index (χ0) is 14.7. The lowest BCUT2D eigenvalue weighted by Crippen LogP contribution is -2.30. The van der Waals surface area contributed by atoms with Gasteiger partial charge in [0.15, 0.2) is 0 Å². The van der Waals surface area contributed by atoms with Crippen LogP contribution >= 0.6 is 23.2 Å². The summed E-state index contributed by atoms with van der Waals surface area (Å²) in [6.45, 7) is 10.1. The molecule has 0 N–H and O–H groups in total. The molecule has 110 valence electrons. The molecule has 2 rings (SSSR count). The number of rotatable bonds is 2. The predicted molar refractivity (Wildman–Crippen MR) is 85.4 cm³/mol. The quantitative estimate of drug-likeness (QED) is 0.574. The molecule has 1 aliphatic heterocycles. The van der Waals surface area contributed by atoms with E-state index in [2.05, 4.69) is 14.9 Å². The van der Waals surface area contributed by atoms with E-state index in [1.807, 2.05) is 33.8 Å². The Kier molecular flexibility index (Phi) is 11.0. The fourth-order valence-electron chi connectivity index (χ4n) is 1.80. The van der Waals surface area contributed by atoms with E-state index in [1.54, 1.807) is 0 Å². The minimum atomic E-state index is 0.307. The minimum Gasteiger partial charge on any atom is -0.356 e. The third-order valence-corrected chi connectivity index (χ3v) is 2.96. The summed E-state index contributed by atoms with van der Waals surface area (Å²) < 4.78 is 0. The van der Waals surface area contributed by atoms with Gasteiger partial charge in [0.25, 0.3) is 0 Å². The third kappa shape index (κ3) is 6.44. The zero-order valence-electron chi connectivity index (χ0n) is 12.4. The average molecular weight is 306 g/mol. The maximum Gasteiger partial charge on any atom is 0.147 e. The van der Waals surface area contributed by atoms with Gasteiger partial charge in [-0.15, -0.1) is 11.6 Å². The lowest BCUT2D eigenvalue weighted by Gasteiger charge is -2.27. The van der Waals surface area contributed by atoms with Crippen LogP contribution in [0, 0.1) is 0 Å². The van der Waals surface area contributed by atoms with E-state index >= 15 is 0 Å². The van der Waals surface area contributed by atoms with E-state index < -0.39 is 0 Å². The first-order valence-electron chi connectivity index (χ1n) is 7.14. The fourth-order valence-corrected chi connectivity index (χ4v) is 2.11. The highest BCUT2D eigenvalue weighted by Gasteiger charge is 2.13. The maximum absolute atomic E-state index is 5.91. The monoisotopic (exact) mass is 305 g/mol. The Labute approximate surface area is 127 Å². The van der Waals surface area contributed by atoms with E-state index in [9.17, 15) is 0 Å². The number of anilines is 1. The van der Waals surface area contributed by atoms with Crippen LogP contribution in [-0.4, -0.2) is 23.1 Å². The smallest absolute Gasteiger partial charge is 0.147 e. The van der Waals surface area contributed by atoms with Crippen LogP contribution in [0.15, 0.2) is 6.07 Å². The second kappa shape index (κ2) is 11.3. The number of piperidine rings is 1. The summed E-state index contributed by atoms with van der Waals surface area (Å²) in [6.07, 6.45) is 3.74. The highest BCUT2D eigenvalue weighted by Crippen LogP contribution is 2.20. The molecule has 0 spiro atoms. The molecule has 0 amide bonds. The van der Waals surface area contributed by atoms with Gasteiger partial charge in [0.2, 0.25) is 0 Å². The first-order chi connectivity index (χ1) is 9.29. The summed E-state index contributed by atoms with van der Waals surface area (Å²) in [5, 5.41) is 0.473. The van der Waals surface area contributed by atoms with Gasteiger partial charge in [0, 0.05) is 19.2 Å². The van der Waals surface area contributed by atoms with Crippen molar-refractivity contribution < 1.29 is 0 Å². The zero-order valence-corrected chi connectivity index (χ0v) is 13.9. The number of halogens is 2. The molecule has 0 atom stereocenters. The molecule has 1 aromatic heterocycles. The van der Waals surface area contributed by atoms with Crippen molar-refractivity contribution in [1.29, 1.82) is 0 Å². The van der Waals surface area contributed by atoms with Crippen molar-refractivity contribution in [3.05, 3.63) is 17.0 Å². The van der Waals surface area contributed by atoms with E-state index in [0.717, 1.165) is 18.9 Å². The Morgan fingerprint density at radius 2 is 1.63 bits per heavy atom. The Bertz CT molecular complexity index is 339. The standard InChI is InChI=1S/C10H13Cl2N3.2C2H6/c11-7-9-13-8(12)6-10(14-9)15-4-2-1-3-5-15;2*1-2/h6H,1-5,7H2;2*1-2H3. The first kappa shape index (κ1) is 18.5. The topological polar surface area (TPSA) is 29.0 Å². The number of hydrogen-bond donors (Lipinski definition) is 0. The first-order valence-corrected chi connectivity index (χ1v) is 8.05. The number of aromatic nitrogens is 2. The van der Waals surface area contributed by atoms with Crippen LogP contribution in [0.2, 0.25) is 5.15 Å². The van der Waals surface area contributed by atoms with Crippen LogP contribution < -0.4 is 4.90 Å². The molecule has 3 nitrogen and oxygen atoms in total. The molecular weight excluding hydrogens is 281 g/mol. The van der Waals surface area contributed by atoms with Crippen molar-refractivity contribution in [1.82, 2.24) is 9.97 Å². The highest BCUT2D eigenvalue weighted by atomic mass is 35.5. The highest BCUT2D eigenvalue weighted by molar-refractivity contribution is 6.29. The van der Waals surface area contributed by atoms with E-state index in [1.165, 1.54) is 19.3 Å². The Hall–Kier alpha value is -0.540. The number of hydrogen-bond acceptors (Lipinski definition) is 3. The second-order valence-electron chi connectivity index (χ2n) is 3.65. The molecule has 19 heavy (non-hydrogen) atoms. The van der Waals surface area contributed by atoms with Crippen LogP contribution in [0.5, 0.6) is 0 Å². The van der Waals surface area contributed by atoms with Gasteiger partial charge in [-0.1, -0.05) is 39.3 Å². The maximum atomic E-state index is 5.91. The van der Waals surface area contributed by atoms with E-state index in [4.69, 9.17) is 23.2 Å². The van der Waals surface area contributed by atoms with Gasteiger partial charge in [-0.3, -0.25) is 0 Å². The van der Waals surface area contributed by atoms with Gasteiger partial charge in [-0.05, 0) is 19.3 Å². The SMILES string of the molecule is CC.CC.ClCc1nc(Cl)cc(N2CCCCC2)n1. The number of nitrogens with zero attached hydrogens (tertiary/aromatic N) is 3. The molecule has 1 saturated heterocycles. The summed E-state index contributed by atoms with van der Waals surface area (Å²) in [7, 11) is 0. The molecule has 0 aromatic carbocycles. The van der Waals surface area contributed by atoms with Crippen molar-refractivity contribution in [2.24, 2.45) is 0 Å². The van der Waals surface area contributed by atoms with Crippen LogP contribution in [0.25, 0.3) is 0 Å². The van der Waals surface area contributed by atoms with Gasteiger partial charge in [-0.25, -0.2) is 9.97 Å². The predicted octanol–water partition coefficient (Wildman–Crippen LogP) is 4.91. The molecule has 1 aromatic rings. The molecule has 0 aliphatic carbocycles. The number of alkyl halides is 1. The van der Waals surface area contributed by atoms with Crippen LogP contribution in [0.3, 0.4) is 0 Å². The van der Waals surface area contributed by atoms with Crippen molar-refractivity contribution >= 4 is 29.0 Å². The van der Waals surface area contributed by atoms with Crippen molar-refractivity contribution in [2.45, 2.75) is 52.8 Å². The van der Waals surface area contributed by atoms with Crippen LogP contribution in [0.1, 0.15) is 52.8 Å².